The minimum atomic E-state index is 0.797. The highest BCUT2D eigenvalue weighted by molar-refractivity contribution is 4.95. The molecule has 1 atom stereocenters. The second kappa shape index (κ2) is 4.27. The van der Waals surface area contributed by atoms with Crippen molar-refractivity contribution >= 4 is 0 Å². The predicted molar refractivity (Wildman–Crippen MR) is 54.3 cm³/mol. The van der Waals surface area contributed by atoms with E-state index in [2.05, 4.69) is 12.2 Å². The summed E-state index contributed by atoms with van der Waals surface area (Å²) in [6.07, 6.45) is 5.87. The Kier molecular flexibility index (Phi) is 3.57. The Morgan fingerprint density at radius 1 is 1.08 bits per heavy atom. The van der Waals surface area contributed by atoms with E-state index in [0.717, 1.165) is 11.3 Å². The van der Waals surface area contributed by atoms with Gasteiger partial charge in [0.15, 0.2) is 0 Å². The Bertz CT molecular complexity index is 125. The molecule has 1 unspecified atom stereocenters. The highest BCUT2D eigenvalue weighted by atomic mass is 14.9. The predicted octanol–water partition coefficient (Wildman–Crippen LogP) is 2.81. The maximum atomic E-state index is 3.43. The van der Waals surface area contributed by atoms with Gasteiger partial charge in [-0.1, -0.05) is 20.8 Å². The van der Waals surface area contributed by atoms with Crippen molar-refractivity contribution in [1.82, 2.24) is 5.32 Å². The van der Waals surface area contributed by atoms with Crippen LogP contribution in [0.2, 0.25) is 0 Å². The van der Waals surface area contributed by atoms with Crippen LogP contribution in [0.15, 0.2) is 0 Å². The topological polar surface area (TPSA) is 12.0 Å². The molecule has 1 N–H and O–H groups in total. The SMILES string of the molecule is CC.CC1CCC12CCNCC2. The molecule has 0 aromatic carbocycles. The summed E-state index contributed by atoms with van der Waals surface area (Å²) in [5.41, 5.74) is 0.797. The molecule has 72 valence electrons. The van der Waals surface area contributed by atoms with Gasteiger partial charge < -0.3 is 5.32 Å². The van der Waals surface area contributed by atoms with Gasteiger partial charge in [-0.2, -0.15) is 0 Å². The first-order valence-corrected chi connectivity index (χ1v) is 5.54. The van der Waals surface area contributed by atoms with Crippen molar-refractivity contribution in [3.63, 3.8) is 0 Å². The van der Waals surface area contributed by atoms with Gasteiger partial charge in [0.05, 0.1) is 0 Å². The molecule has 1 aliphatic carbocycles. The van der Waals surface area contributed by atoms with Crippen molar-refractivity contribution in [1.29, 1.82) is 0 Å². The van der Waals surface area contributed by atoms with Gasteiger partial charge in [0.2, 0.25) is 0 Å². The van der Waals surface area contributed by atoms with E-state index in [1.54, 1.807) is 0 Å². The summed E-state index contributed by atoms with van der Waals surface area (Å²) >= 11 is 0. The smallest absolute Gasteiger partial charge is 0.00435 e. The third-order valence-electron chi connectivity index (χ3n) is 3.72. The van der Waals surface area contributed by atoms with Crippen LogP contribution < -0.4 is 5.32 Å². The minimum Gasteiger partial charge on any atom is -0.317 e. The summed E-state index contributed by atoms with van der Waals surface area (Å²) in [6, 6.07) is 0. The van der Waals surface area contributed by atoms with Crippen LogP contribution in [0.3, 0.4) is 0 Å². The first-order valence-electron chi connectivity index (χ1n) is 5.54. The summed E-state index contributed by atoms with van der Waals surface area (Å²) in [5.74, 6) is 1.02. The molecule has 0 radical (unpaired) electrons. The largest absolute Gasteiger partial charge is 0.317 e. The van der Waals surface area contributed by atoms with Gasteiger partial charge in [0.25, 0.3) is 0 Å². The van der Waals surface area contributed by atoms with E-state index in [1.807, 2.05) is 13.8 Å². The summed E-state index contributed by atoms with van der Waals surface area (Å²) in [6.45, 7) is 8.96. The van der Waals surface area contributed by atoms with Crippen LogP contribution in [0.4, 0.5) is 0 Å². The summed E-state index contributed by atoms with van der Waals surface area (Å²) in [4.78, 5) is 0. The third kappa shape index (κ3) is 1.66. The number of nitrogens with one attached hydrogen (secondary N) is 1. The number of hydrogen-bond donors (Lipinski definition) is 1. The van der Waals surface area contributed by atoms with Gasteiger partial charge >= 0.3 is 0 Å². The molecule has 1 aliphatic heterocycles. The second-order valence-electron chi connectivity index (χ2n) is 4.05. The van der Waals surface area contributed by atoms with Crippen LogP contribution in [0.1, 0.15) is 46.5 Å². The average Bonchev–Trinajstić information content (AvgIpc) is 2.20. The van der Waals surface area contributed by atoms with E-state index in [4.69, 9.17) is 0 Å². The molecule has 1 saturated carbocycles. The molecular weight excluding hydrogens is 146 g/mol. The Labute approximate surface area is 76.9 Å². The quantitative estimate of drug-likeness (QED) is 0.588. The molecule has 1 saturated heterocycles. The van der Waals surface area contributed by atoms with Crippen LogP contribution in [0, 0.1) is 11.3 Å². The molecule has 0 bridgehead atoms. The number of rotatable bonds is 0. The molecule has 12 heavy (non-hydrogen) atoms. The molecule has 2 fully saturated rings. The fourth-order valence-corrected chi connectivity index (χ4v) is 2.51. The van der Waals surface area contributed by atoms with Crippen LogP contribution in [-0.4, -0.2) is 13.1 Å². The Morgan fingerprint density at radius 3 is 1.92 bits per heavy atom. The third-order valence-corrected chi connectivity index (χ3v) is 3.72. The molecule has 1 heterocycles. The molecule has 1 heteroatoms. The van der Waals surface area contributed by atoms with Crippen molar-refractivity contribution in [3.8, 4) is 0 Å². The monoisotopic (exact) mass is 169 g/mol. The lowest BCUT2D eigenvalue weighted by Gasteiger charge is -2.51. The summed E-state index contributed by atoms with van der Waals surface area (Å²) in [5, 5.41) is 3.43. The Morgan fingerprint density at radius 2 is 1.67 bits per heavy atom. The van der Waals surface area contributed by atoms with Crippen LogP contribution in [0.25, 0.3) is 0 Å². The number of piperidine rings is 1. The maximum Gasteiger partial charge on any atom is -0.00435 e. The summed E-state index contributed by atoms with van der Waals surface area (Å²) in [7, 11) is 0. The van der Waals surface area contributed by atoms with Gasteiger partial charge in [-0.05, 0) is 50.1 Å². The standard InChI is InChI=1S/C9H17N.C2H6/c1-8-2-3-9(8)4-6-10-7-5-9;1-2/h8,10H,2-7H2,1H3;1-2H3. The van der Waals surface area contributed by atoms with Gasteiger partial charge in [-0.25, -0.2) is 0 Å². The lowest BCUT2D eigenvalue weighted by molar-refractivity contribution is 0.0101. The molecule has 2 rings (SSSR count). The van der Waals surface area contributed by atoms with Gasteiger partial charge in [0.1, 0.15) is 0 Å². The van der Waals surface area contributed by atoms with E-state index in [9.17, 15) is 0 Å². The fraction of sp³-hybridized carbons (Fsp3) is 1.00. The lowest BCUT2D eigenvalue weighted by atomic mass is 9.56. The Hall–Kier alpha value is -0.0400. The van der Waals surface area contributed by atoms with Crippen molar-refractivity contribution < 1.29 is 0 Å². The molecule has 0 aromatic heterocycles. The zero-order chi connectivity index (χ0) is 9.03. The van der Waals surface area contributed by atoms with E-state index in [1.165, 1.54) is 38.8 Å². The first-order chi connectivity index (χ1) is 5.83. The van der Waals surface area contributed by atoms with E-state index in [0.29, 0.717) is 0 Å². The molecule has 0 aromatic rings. The van der Waals surface area contributed by atoms with Gasteiger partial charge in [0, 0.05) is 0 Å². The minimum absolute atomic E-state index is 0.797. The maximum absolute atomic E-state index is 3.43. The van der Waals surface area contributed by atoms with Crippen LogP contribution >= 0.6 is 0 Å². The van der Waals surface area contributed by atoms with Crippen LogP contribution in [-0.2, 0) is 0 Å². The lowest BCUT2D eigenvalue weighted by Crippen LogP contribution is -2.46. The van der Waals surface area contributed by atoms with Crippen molar-refractivity contribution in [2.75, 3.05) is 13.1 Å². The molecule has 2 aliphatic rings. The average molecular weight is 169 g/mol. The number of hydrogen-bond acceptors (Lipinski definition) is 1. The van der Waals surface area contributed by atoms with E-state index >= 15 is 0 Å². The molecule has 0 amide bonds. The zero-order valence-corrected chi connectivity index (χ0v) is 8.82. The van der Waals surface area contributed by atoms with Crippen molar-refractivity contribution in [2.24, 2.45) is 11.3 Å². The van der Waals surface area contributed by atoms with E-state index < -0.39 is 0 Å². The Balaban J connectivity index is 0.000000336. The van der Waals surface area contributed by atoms with Crippen molar-refractivity contribution in [2.45, 2.75) is 46.5 Å². The van der Waals surface area contributed by atoms with Crippen LogP contribution in [0.5, 0.6) is 0 Å². The fourth-order valence-electron chi connectivity index (χ4n) is 2.51. The van der Waals surface area contributed by atoms with E-state index in [-0.39, 0.29) is 0 Å². The van der Waals surface area contributed by atoms with Crippen molar-refractivity contribution in [3.05, 3.63) is 0 Å². The first kappa shape index (κ1) is 10.0. The normalized spacial score (nSPS) is 31.8. The van der Waals surface area contributed by atoms with Gasteiger partial charge in [-0.3, -0.25) is 0 Å². The molecule has 1 spiro atoms. The highest BCUT2D eigenvalue weighted by Crippen LogP contribution is 2.52. The molecule has 1 nitrogen and oxygen atoms in total. The molecular formula is C11H23N. The second-order valence-corrected chi connectivity index (χ2v) is 4.05. The zero-order valence-electron chi connectivity index (χ0n) is 8.82. The summed E-state index contributed by atoms with van der Waals surface area (Å²) < 4.78 is 0. The highest BCUT2D eigenvalue weighted by Gasteiger charge is 2.43. The van der Waals surface area contributed by atoms with Gasteiger partial charge in [-0.15, -0.1) is 0 Å².